The van der Waals surface area contributed by atoms with Gasteiger partial charge in [0.25, 0.3) is 0 Å². The molecule has 0 radical (unpaired) electrons. The molecule has 1 unspecified atom stereocenters. The fourth-order valence-electron chi connectivity index (χ4n) is 1.48. The van der Waals surface area contributed by atoms with Crippen LogP contribution in [0.5, 0.6) is 0 Å². The van der Waals surface area contributed by atoms with Gasteiger partial charge in [0.15, 0.2) is 0 Å². The smallest absolute Gasteiger partial charge is 0.315 e. The van der Waals surface area contributed by atoms with Crippen LogP contribution in [0, 0.1) is 0 Å². The Morgan fingerprint density at radius 1 is 1.38 bits per heavy atom. The minimum absolute atomic E-state index is 0.371. The first-order chi connectivity index (χ1) is 7.76. The van der Waals surface area contributed by atoms with Gasteiger partial charge in [-0.2, -0.15) is 0 Å². The SMILES string of the molecule is CCCCCC(C)Nc1nnc(CCCl)o1. The van der Waals surface area contributed by atoms with Crippen LogP contribution in [0.3, 0.4) is 0 Å². The second-order valence-corrected chi connectivity index (χ2v) is 4.36. The number of aromatic nitrogens is 2. The van der Waals surface area contributed by atoms with E-state index >= 15 is 0 Å². The summed E-state index contributed by atoms with van der Waals surface area (Å²) in [6.45, 7) is 4.33. The Balaban J connectivity index is 2.28. The number of halogens is 1. The Labute approximate surface area is 102 Å². The third-order valence-corrected chi connectivity index (χ3v) is 2.57. The van der Waals surface area contributed by atoms with Gasteiger partial charge in [0.2, 0.25) is 5.89 Å². The van der Waals surface area contributed by atoms with E-state index in [0.717, 1.165) is 6.42 Å². The van der Waals surface area contributed by atoms with Gasteiger partial charge < -0.3 is 9.73 Å². The molecular weight excluding hydrogens is 226 g/mol. The summed E-state index contributed by atoms with van der Waals surface area (Å²) < 4.78 is 5.38. The Bertz CT molecular complexity index is 291. The number of hydrogen-bond acceptors (Lipinski definition) is 4. The largest absolute Gasteiger partial charge is 0.408 e. The molecule has 1 heterocycles. The van der Waals surface area contributed by atoms with Crippen molar-refractivity contribution in [1.82, 2.24) is 10.2 Å². The fraction of sp³-hybridized carbons (Fsp3) is 0.818. The summed E-state index contributed by atoms with van der Waals surface area (Å²) in [5, 5.41) is 11.0. The molecule has 0 amide bonds. The van der Waals surface area contributed by atoms with Crippen LogP contribution in [0.1, 0.15) is 45.4 Å². The number of aryl methyl sites for hydroxylation is 1. The number of anilines is 1. The van der Waals surface area contributed by atoms with Crippen molar-refractivity contribution in [2.75, 3.05) is 11.2 Å². The monoisotopic (exact) mass is 245 g/mol. The molecule has 16 heavy (non-hydrogen) atoms. The molecule has 1 atom stereocenters. The lowest BCUT2D eigenvalue weighted by Crippen LogP contribution is -2.15. The first kappa shape index (κ1) is 13.3. The maximum atomic E-state index is 5.59. The van der Waals surface area contributed by atoms with Crippen molar-refractivity contribution in [3.63, 3.8) is 0 Å². The number of nitrogens with one attached hydrogen (secondary N) is 1. The van der Waals surface area contributed by atoms with Crippen LogP contribution in [-0.4, -0.2) is 22.1 Å². The molecule has 0 aliphatic heterocycles. The van der Waals surface area contributed by atoms with Gasteiger partial charge in [-0.05, 0) is 13.3 Å². The van der Waals surface area contributed by atoms with E-state index < -0.39 is 0 Å². The van der Waals surface area contributed by atoms with Crippen molar-refractivity contribution < 1.29 is 4.42 Å². The van der Waals surface area contributed by atoms with Crippen LogP contribution in [0.4, 0.5) is 6.01 Å². The number of alkyl halides is 1. The van der Waals surface area contributed by atoms with Crippen LogP contribution < -0.4 is 5.32 Å². The van der Waals surface area contributed by atoms with Crippen LogP contribution in [0.15, 0.2) is 4.42 Å². The highest BCUT2D eigenvalue weighted by Crippen LogP contribution is 2.11. The third-order valence-electron chi connectivity index (χ3n) is 2.39. The van der Waals surface area contributed by atoms with E-state index in [4.69, 9.17) is 16.0 Å². The molecule has 0 aromatic carbocycles. The van der Waals surface area contributed by atoms with Crippen LogP contribution in [0.25, 0.3) is 0 Å². The third kappa shape index (κ3) is 4.84. The summed E-state index contributed by atoms with van der Waals surface area (Å²) in [5.74, 6) is 1.10. The summed E-state index contributed by atoms with van der Waals surface area (Å²) in [5.41, 5.74) is 0. The molecule has 0 bridgehead atoms. The first-order valence-corrected chi connectivity index (χ1v) is 6.44. The Kier molecular flexibility index (Phi) is 6.23. The maximum Gasteiger partial charge on any atom is 0.315 e. The first-order valence-electron chi connectivity index (χ1n) is 5.91. The summed E-state index contributed by atoms with van der Waals surface area (Å²) >= 11 is 5.59. The molecule has 0 aliphatic rings. The Morgan fingerprint density at radius 2 is 2.19 bits per heavy atom. The standard InChI is InChI=1S/C11H20ClN3O/c1-3-4-5-6-9(2)13-11-15-14-10(16-11)7-8-12/h9H,3-8H2,1-2H3,(H,13,15). The molecule has 1 aromatic rings. The van der Waals surface area contributed by atoms with Crippen LogP contribution in [0.2, 0.25) is 0 Å². The van der Waals surface area contributed by atoms with Crippen molar-refractivity contribution in [1.29, 1.82) is 0 Å². The molecule has 5 heteroatoms. The van der Waals surface area contributed by atoms with Crippen molar-refractivity contribution in [2.24, 2.45) is 0 Å². The van der Waals surface area contributed by atoms with Gasteiger partial charge in [-0.15, -0.1) is 16.7 Å². The normalized spacial score (nSPS) is 12.7. The number of unbranched alkanes of at least 4 members (excludes halogenated alkanes) is 2. The highest BCUT2D eigenvalue weighted by Gasteiger charge is 2.08. The zero-order valence-electron chi connectivity index (χ0n) is 10.0. The van der Waals surface area contributed by atoms with E-state index in [1.807, 2.05) is 0 Å². The molecule has 0 fully saturated rings. The lowest BCUT2D eigenvalue weighted by molar-refractivity contribution is 0.501. The zero-order chi connectivity index (χ0) is 11.8. The van der Waals surface area contributed by atoms with Crippen LogP contribution in [-0.2, 0) is 6.42 Å². The van der Waals surface area contributed by atoms with Gasteiger partial charge in [0, 0.05) is 18.3 Å². The highest BCUT2D eigenvalue weighted by atomic mass is 35.5. The van der Waals surface area contributed by atoms with Gasteiger partial charge in [-0.3, -0.25) is 0 Å². The van der Waals surface area contributed by atoms with Gasteiger partial charge >= 0.3 is 6.01 Å². The van der Waals surface area contributed by atoms with Gasteiger partial charge in [-0.1, -0.05) is 31.3 Å². The maximum absolute atomic E-state index is 5.59. The molecule has 0 aliphatic carbocycles. The summed E-state index contributed by atoms with van der Waals surface area (Å²) in [6.07, 6.45) is 5.50. The van der Waals surface area contributed by atoms with Crippen molar-refractivity contribution in [2.45, 2.75) is 52.0 Å². The van der Waals surface area contributed by atoms with E-state index in [0.29, 0.717) is 30.2 Å². The molecule has 0 saturated carbocycles. The average molecular weight is 246 g/mol. The van der Waals surface area contributed by atoms with Crippen molar-refractivity contribution >= 4 is 17.6 Å². The second-order valence-electron chi connectivity index (χ2n) is 3.98. The summed E-state index contributed by atoms with van der Waals surface area (Å²) in [7, 11) is 0. The summed E-state index contributed by atoms with van der Waals surface area (Å²) in [6, 6.07) is 0.875. The van der Waals surface area contributed by atoms with E-state index in [1.165, 1.54) is 19.3 Å². The zero-order valence-corrected chi connectivity index (χ0v) is 10.8. The quantitative estimate of drug-likeness (QED) is 0.564. The minimum Gasteiger partial charge on any atom is -0.408 e. The Morgan fingerprint density at radius 3 is 2.88 bits per heavy atom. The molecule has 1 N–H and O–H groups in total. The molecule has 0 saturated heterocycles. The molecule has 4 nitrogen and oxygen atoms in total. The lowest BCUT2D eigenvalue weighted by Gasteiger charge is -2.10. The van der Waals surface area contributed by atoms with Crippen molar-refractivity contribution in [3.05, 3.63) is 5.89 Å². The summed E-state index contributed by atoms with van der Waals surface area (Å²) in [4.78, 5) is 0. The minimum atomic E-state index is 0.371. The second kappa shape index (κ2) is 7.49. The molecular formula is C11H20ClN3O. The molecule has 1 rings (SSSR count). The Hall–Kier alpha value is -0.770. The fourth-order valence-corrected chi connectivity index (χ4v) is 1.64. The van der Waals surface area contributed by atoms with Gasteiger partial charge in [-0.25, -0.2) is 0 Å². The molecule has 1 aromatic heterocycles. The molecule has 92 valence electrons. The molecule has 0 spiro atoms. The predicted octanol–water partition coefficient (Wildman–Crippen LogP) is 3.23. The highest BCUT2D eigenvalue weighted by molar-refractivity contribution is 6.17. The topological polar surface area (TPSA) is 51.0 Å². The van der Waals surface area contributed by atoms with Gasteiger partial charge in [0.1, 0.15) is 0 Å². The van der Waals surface area contributed by atoms with E-state index in [2.05, 4.69) is 29.4 Å². The van der Waals surface area contributed by atoms with Crippen LogP contribution >= 0.6 is 11.6 Å². The number of nitrogens with zero attached hydrogens (tertiary/aromatic N) is 2. The van der Waals surface area contributed by atoms with Crippen molar-refractivity contribution in [3.8, 4) is 0 Å². The number of hydrogen-bond donors (Lipinski definition) is 1. The average Bonchev–Trinajstić information content (AvgIpc) is 2.66. The van der Waals surface area contributed by atoms with E-state index in [-0.39, 0.29) is 0 Å². The number of rotatable bonds is 8. The van der Waals surface area contributed by atoms with E-state index in [9.17, 15) is 0 Å². The lowest BCUT2D eigenvalue weighted by atomic mass is 10.1. The predicted molar refractivity (Wildman–Crippen MR) is 65.9 cm³/mol. The van der Waals surface area contributed by atoms with E-state index in [1.54, 1.807) is 0 Å². The van der Waals surface area contributed by atoms with Gasteiger partial charge in [0.05, 0.1) is 0 Å².